The van der Waals surface area contributed by atoms with Crippen molar-refractivity contribution in [2.75, 3.05) is 14.1 Å². The monoisotopic (exact) mass is 442 g/mol. The highest BCUT2D eigenvalue weighted by atomic mass is 32.2. The Morgan fingerprint density at radius 2 is 1.94 bits per heavy atom. The standard InChI is InChI=1S/C20H22N6O4S/c1-4-11-25-17-9-8-14(31(28,29)24(2)3)12-16(17)22-18(25)13-26-19(23-30-20(26)27)15-7-5-6-10-21-15/h5-10,12H,4,11,13H2,1-3H3. The Labute approximate surface area is 178 Å². The molecule has 0 saturated heterocycles. The summed E-state index contributed by atoms with van der Waals surface area (Å²) < 4.78 is 34.4. The van der Waals surface area contributed by atoms with Crippen LogP contribution in [0, 0.1) is 0 Å². The number of aryl methyl sites for hydroxylation is 1. The quantitative estimate of drug-likeness (QED) is 0.429. The zero-order chi connectivity index (χ0) is 22.2. The van der Waals surface area contributed by atoms with E-state index in [1.807, 2.05) is 11.5 Å². The molecule has 0 aliphatic carbocycles. The van der Waals surface area contributed by atoms with Crippen molar-refractivity contribution in [1.29, 1.82) is 0 Å². The van der Waals surface area contributed by atoms with Gasteiger partial charge < -0.3 is 4.57 Å². The van der Waals surface area contributed by atoms with E-state index in [1.165, 1.54) is 18.7 Å². The van der Waals surface area contributed by atoms with Crippen LogP contribution in [0.25, 0.3) is 22.6 Å². The van der Waals surface area contributed by atoms with Crippen LogP contribution in [0.1, 0.15) is 19.2 Å². The molecule has 0 saturated carbocycles. The molecule has 0 unspecified atom stereocenters. The molecule has 11 heteroatoms. The van der Waals surface area contributed by atoms with Gasteiger partial charge in [-0.2, -0.15) is 0 Å². The second-order valence-electron chi connectivity index (χ2n) is 7.19. The lowest BCUT2D eigenvalue weighted by atomic mass is 10.3. The van der Waals surface area contributed by atoms with Gasteiger partial charge in [-0.1, -0.05) is 18.1 Å². The SMILES string of the molecule is CCCn1c(Cn2c(-c3ccccn3)noc2=O)nc2cc(S(=O)(=O)N(C)C)ccc21. The number of sulfonamides is 1. The molecule has 3 heterocycles. The van der Waals surface area contributed by atoms with Gasteiger partial charge in [0.1, 0.15) is 11.5 Å². The predicted molar refractivity (Wildman–Crippen MR) is 114 cm³/mol. The molecule has 162 valence electrons. The van der Waals surface area contributed by atoms with Crippen molar-refractivity contribution >= 4 is 21.1 Å². The van der Waals surface area contributed by atoms with Gasteiger partial charge in [0.2, 0.25) is 15.8 Å². The van der Waals surface area contributed by atoms with Gasteiger partial charge in [0, 0.05) is 26.8 Å². The summed E-state index contributed by atoms with van der Waals surface area (Å²) in [7, 11) is -0.620. The van der Waals surface area contributed by atoms with Gasteiger partial charge in [-0.15, -0.1) is 0 Å². The number of imidazole rings is 1. The molecule has 4 rings (SSSR count). The van der Waals surface area contributed by atoms with E-state index in [0.29, 0.717) is 29.4 Å². The van der Waals surface area contributed by atoms with Crippen LogP contribution in [0.4, 0.5) is 0 Å². The molecule has 0 aliphatic rings. The highest BCUT2D eigenvalue weighted by molar-refractivity contribution is 7.89. The fourth-order valence-corrected chi connectivity index (χ4v) is 4.28. The van der Waals surface area contributed by atoms with Gasteiger partial charge >= 0.3 is 5.76 Å². The molecule has 0 N–H and O–H groups in total. The molecule has 31 heavy (non-hydrogen) atoms. The van der Waals surface area contributed by atoms with Crippen molar-refractivity contribution in [3.63, 3.8) is 0 Å². The van der Waals surface area contributed by atoms with Crippen molar-refractivity contribution in [2.24, 2.45) is 0 Å². The average Bonchev–Trinajstić information content (AvgIpc) is 3.29. The summed E-state index contributed by atoms with van der Waals surface area (Å²) in [6, 6.07) is 10.2. The average molecular weight is 443 g/mol. The summed E-state index contributed by atoms with van der Waals surface area (Å²) in [6.07, 6.45) is 2.44. The van der Waals surface area contributed by atoms with Crippen molar-refractivity contribution in [3.8, 4) is 11.5 Å². The molecular formula is C20H22N6O4S. The predicted octanol–water partition coefficient (Wildman–Crippen LogP) is 1.96. The third kappa shape index (κ3) is 3.77. The van der Waals surface area contributed by atoms with Crippen LogP contribution in [0.3, 0.4) is 0 Å². The first-order valence-corrected chi connectivity index (χ1v) is 11.2. The lowest BCUT2D eigenvalue weighted by Crippen LogP contribution is -2.22. The Hall–Kier alpha value is -3.31. The number of benzene rings is 1. The van der Waals surface area contributed by atoms with Crippen LogP contribution in [0.5, 0.6) is 0 Å². The smallest absolute Gasteiger partial charge is 0.326 e. The highest BCUT2D eigenvalue weighted by Crippen LogP contribution is 2.23. The minimum absolute atomic E-state index is 0.110. The van der Waals surface area contributed by atoms with E-state index >= 15 is 0 Å². The Bertz CT molecular complexity index is 1390. The molecule has 1 aromatic carbocycles. The van der Waals surface area contributed by atoms with Gasteiger partial charge in [0.15, 0.2) is 0 Å². The number of nitrogens with zero attached hydrogens (tertiary/aromatic N) is 6. The zero-order valence-electron chi connectivity index (χ0n) is 17.4. The van der Waals surface area contributed by atoms with Gasteiger partial charge in [-0.05, 0) is 36.8 Å². The Balaban J connectivity index is 1.83. The summed E-state index contributed by atoms with van der Waals surface area (Å²) in [5.41, 5.74) is 1.83. The van der Waals surface area contributed by atoms with Crippen LogP contribution in [0.2, 0.25) is 0 Å². The van der Waals surface area contributed by atoms with Crippen LogP contribution in [-0.4, -0.2) is 51.1 Å². The third-order valence-electron chi connectivity index (χ3n) is 4.90. The van der Waals surface area contributed by atoms with Crippen LogP contribution in [0.15, 0.2) is 56.8 Å². The first-order chi connectivity index (χ1) is 14.8. The normalized spacial score (nSPS) is 12.1. The number of fused-ring (bicyclic) bond motifs is 1. The summed E-state index contributed by atoms with van der Waals surface area (Å²) in [4.78, 5) is 21.4. The molecule has 10 nitrogen and oxygen atoms in total. The van der Waals surface area contributed by atoms with Gasteiger partial charge in [-0.3, -0.25) is 9.51 Å². The Morgan fingerprint density at radius 1 is 1.13 bits per heavy atom. The van der Waals surface area contributed by atoms with Crippen molar-refractivity contribution in [1.82, 2.24) is 28.6 Å². The molecule has 0 atom stereocenters. The largest absolute Gasteiger partial charge is 0.442 e. The molecule has 4 aromatic rings. The number of aromatic nitrogens is 5. The molecule has 0 aliphatic heterocycles. The summed E-state index contributed by atoms with van der Waals surface area (Å²) in [5.74, 6) is 0.280. The molecule has 0 radical (unpaired) electrons. The van der Waals surface area contributed by atoms with Gasteiger partial charge in [0.05, 0.1) is 22.5 Å². The maximum Gasteiger partial charge on any atom is 0.442 e. The fourth-order valence-electron chi connectivity index (χ4n) is 3.35. The second kappa shape index (κ2) is 8.08. The van der Waals surface area contributed by atoms with Crippen molar-refractivity contribution < 1.29 is 12.9 Å². The minimum Gasteiger partial charge on any atom is -0.326 e. The topological polar surface area (TPSA) is 116 Å². The van der Waals surface area contributed by atoms with Crippen LogP contribution < -0.4 is 5.76 Å². The van der Waals surface area contributed by atoms with E-state index in [0.717, 1.165) is 16.2 Å². The lowest BCUT2D eigenvalue weighted by Gasteiger charge is -2.11. The van der Waals surface area contributed by atoms with Crippen molar-refractivity contribution in [2.45, 2.75) is 31.3 Å². The summed E-state index contributed by atoms with van der Waals surface area (Å²) in [6.45, 7) is 2.80. The van der Waals surface area contributed by atoms with E-state index in [9.17, 15) is 13.2 Å². The first-order valence-electron chi connectivity index (χ1n) is 9.72. The minimum atomic E-state index is -3.59. The molecule has 0 fully saturated rings. The van der Waals surface area contributed by atoms with Gasteiger partial charge in [0.25, 0.3) is 0 Å². The lowest BCUT2D eigenvalue weighted by molar-refractivity contribution is 0.377. The number of rotatable bonds is 7. The molecule has 0 bridgehead atoms. The number of pyridine rings is 1. The molecular weight excluding hydrogens is 420 g/mol. The first kappa shape index (κ1) is 20.9. The van der Waals surface area contributed by atoms with Crippen LogP contribution >= 0.6 is 0 Å². The maximum absolute atomic E-state index is 12.5. The Kier molecular flexibility index (Phi) is 5.46. The maximum atomic E-state index is 12.5. The third-order valence-corrected chi connectivity index (χ3v) is 6.72. The zero-order valence-corrected chi connectivity index (χ0v) is 18.2. The summed E-state index contributed by atoms with van der Waals surface area (Å²) >= 11 is 0. The van der Waals surface area contributed by atoms with Gasteiger partial charge in [-0.25, -0.2) is 27.1 Å². The molecule has 0 amide bonds. The fraction of sp³-hybridized carbons (Fsp3) is 0.300. The number of hydrogen-bond acceptors (Lipinski definition) is 7. The van der Waals surface area contributed by atoms with E-state index < -0.39 is 15.8 Å². The van der Waals surface area contributed by atoms with Crippen molar-refractivity contribution in [3.05, 3.63) is 59.0 Å². The van der Waals surface area contributed by atoms with E-state index in [1.54, 1.807) is 42.6 Å². The summed E-state index contributed by atoms with van der Waals surface area (Å²) in [5, 5.41) is 3.87. The second-order valence-corrected chi connectivity index (χ2v) is 9.34. The number of hydrogen-bond donors (Lipinski definition) is 0. The highest BCUT2D eigenvalue weighted by Gasteiger charge is 2.21. The Morgan fingerprint density at radius 3 is 2.61 bits per heavy atom. The molecule has 0 spiro atoms. The van der Waals surface area contributed by atoms with E-state index in [2.05, 4.69) is 15.1 Å². The van der Waals surface area contributed by atoms with E-state index in [4.69, 9.17) is 4.52 Å². The van der Waals surface area contributed by atoms with Crippen LogP contribution in [-0.2, 0) is 23.1 Å². The molecule has 3 aromatic heterocycles. The van der Waals surface area contributed by atoms with E-state index in [-0.39, 0.29) is 11.4 Å².